The molecule has 0 aliphatic heterocycles. The fraction of sp³-hybridized carbons (Fsp3) is 0.381. The van der Waals surface area contributed by atoms with E-state index in [0.29, 0.717) is 6.07 Å². The topological polar surface area (TPSA) is 187 Å². The summed E-state index contributed by atoms with van der Waals surface area (Å²) in [7, 11) is 3.05. The fourth-order valence-electron chi connectivity index (χ4n) is 5.32. The number of phenols is 1. The van der Waals surface area contributed by atoms with Gasteiger partial charge in [0.2, 0.25) is 5.78 Å². The van der Waals surface area contributed by atoms with Crippen molar-refractivity contribution in [3.63, 3.8) is 0 Å². The Kier molecular flexibility index (Phi) is 4.61. The monoisotopic (exact) mass is 447 g/mol. The first-order chi connectivity index (χ1) is 14.8. The van der Waals surface area contributed by atoms with E-state index >= 15 is 0 Å². The van der Waals surface area contributed by atoms with Gasteiger partial charge in [0, 0.05) is 17.6 Å². The summed E-state index contributed by atoms with van der Waals surface area (Å²) in [6, 6.07) is -0.428. The lowest BCUT2D eigenvalue weighted by atomic mass is 9.58. The minimum Gasteiger partial charge on any atom is -0.510 e. The van der Waals surface area contributed by atoms with Gasteiger partial charge in [-0.1, -0.05) is 0 Å². The van der Waals surface area contributed by atoms with Crippen molar-refractivity contribution in [1.82, 2.24) is 4.90 Å². The lowest BCUT2D eigenvalue weighted by Crippen LogP contribution is -2.63. The van der Waals surface area contributed by atoms with Crippen LogP contribution in [0.2, 0.25) is 0 Å². The molecule has 0 saturated heterocycles. The largest absolute Gasteiger partial charge is 0.510 e. The van der Waals surface area contributed by atoms with Crippen molar-refractivity contribution >= 4 is 23.2 Å². The van der Waals surface area contributed by atoms with Gasteiger partial charge in [-0.2, -0.15) is 0 Å². The van der Waals surface area contributed by atoms with Crippen LogP contribution < -0.4 is 11.5 Å². The molecule has 0 bridgehead atoms. The van der Waals surface area contributed by atoms with Gasteiger partial charge in [0.25, 0.3) is 5.91 Å². The quantitative estimate of drug-likeness (QED) is 0.203. The van der Waals surface area contributed by atoms with Crippen LogP contribution >= 0.6 is 0 Å². The van der Waals surface area contributed by atoms with Crippen LogP contribution in [0, 0.1) is 17.7 Å². The minimum atomic E-state index is -2.72. The molecule has 8 N–H and O–H groups in total. The Hall–Kier alpha value is -3.44. The first-order valence-electron chi connectivity index (χ1n) is 9.78. The number of phenolic OH excluding ortho intramolecular Hbond substituents is 1. The summed E-state index contributed by atoms with van der Waals surface area (Å²) in [4.78, 5) is 39.7. The molecule has 170 valence electrons. The molecule has 0 saturated carbocycles. The van der Waals surface area contributed by atoms with Gasteiger partial charge in [0.1, 0.15) is 28.7 Å². The van der Waals surface area contributed by atoms with Gasteiger partial charge in [0.05, 0.1) is 17.3 Å². The maximum atomic E-state index is 14.1. The van der Waals surface area contributed by atoms with Gasteiger partial charge in [-0.25, -0.2) is 4.39 Å². The van der Waals surface area contributed by atoms with Crippen LogP contribution in [0.5, 0.6) is 5.75 Å². The summed E-state index contributed by atoms with van der Waals surface area (Å²) in [5.41, 5.74) is 6.52. The van der Waals surface area contributed by atoms with Crippen LogP contribution in [0.4, 0.5) is 10.1 Å². The number of rotatable bonds is 2. The number of amides is 1. The maximum absolute atomic E-state index is 14.1. The maximum Gasteiger partial charge on any atom is 0.255 e. The van der Waals surface area contributed by atoms with Crippen LogP contribution in [-0.4, -0.2) is 68.5 Å². The number of nitrogens with two attached hydrogens (primary N) is 2. The van der Waals surface area contributed by atoms with Crippen molar-refractivity contribution in [2.75, 3.05) is 19.8 Å². The lowest BCUT2D eigenvalue weighted by molar-refractivity contribution is -0.148. The van der Waals surface area contributed by atoms with Crippen LogP contribution in [-0.2, 0) is 16.0 Å². The molecule has 0 radical (unpaired) electrons. The number of fused-ring (bicyclic) bond motifs is 3. The summed E-state index contributed by atoms with van der Waals surface area (Å²) in [5.74, 6) is -8.75. The number of hydrogen-bond donors (Lipinski definition) is 6. The number of Topliss-reactive ketones (excluding diaryl/α,β-unsaturated/α-hetero) is 2. The Balaban J connectivity index is 1.99. The molecule has 3 aliphatic carbocycles. The van der Waals surface area contributed by atoms with E-state index in [1.807, 2.05) is 0 Å². The molecule has 0 spiro atoms. The SMILES string of the molecule is CN(C)[C@@H]1C(O)=C(C(N)=O)C(=O)[C@@]2(O)C(O)=C3C(=O)c4c(O)cc(F)c(N)c4C[C@H]3C[C@@H]12. The molecule has 1 aromatic rings. The summed E-state index contributed by atoms with van der Waals surface area (Å²) in [6.07, 6.45) is -0.159. The number of aliphatic hydroxyl groups excluding tert-OH is 2. The van der Waals surface area contributed by atoms with Gasteiger partial charge in [-0.3, -0.25) is 19.3 Å². The second-order valence-corrected chi connectivity index (χ2v) is 8.61. The standard InChI is InChI=1S/C21H22FN3O7/c1-25(2)15-8-4-6-3-7-12(10(26)5-9(22)14(7)23)16(27)11(6)18(29)21(8,32)19(30)13(17(15)28)20(24)31/h5-6,8,15,26,28-29,32H,3-4,23H2,1-2H3,(H2,24,31)/t6-,8-,15-,21-/m0/s1. The van der Waals surface area contributed by atoms with Crippen LogP contribution in [0.15, 0.2) is 28.7 Å². The van der Waals surface area contributed by atoms with Crippen molar-refractivity contribution in [3.8, 4) is 5.75 Å². The van der Waals surface area contributed by atoms with Crippen molar-refractivity contribution < 1.29 is 39.2 Å². The molecule has 1 aromatic carbocycles. The highest BCUT2D eigenvalue weighted by atomic mass is 19.1. The number of anilines is 1. The number of primary amides is 1. The van der Waals surface area contributed by atoms with E-state index in [1.165, 1.54) is 19.0 Å². The number of likely N-dealkylation sites (N-methyl/N-ethyl adjacent to an activating group) is 1. The van der Waals surface area contributed by atoms with E-state index in [2.05, 4.69) is 0 Å². The Labute approximate surface area is 181 Å². The van der Waals surface area contributed by atoms with Gasteiger partial charge < -0.3 is 31.9 Å². The zero-order valence-electron chi connectivity index (χ0n) is 17.2. The molecule has 0 aromatic heterocycles. The van der Waals surface area contributed by atoms with Crippen molar-refractivity contribution in [3.05, 3.63) is 45.7 Å². The molecule has 4 atom stereocenters. The highest BCUT2D eigenvalue weighted by Crippen LogP contribution is 2.52. The zero-order chi connectivity index (χ0) is 23.9. The van der Waals surface area contributed by atoms with Crippen LogP contribution in [0.1, 0.15) is 22.3 Å². The minimum absolute atomic E-state index is 0.0561. The molecule has 1 amide bonds. The number of carbonyl (C=O) groups excluding carboxylic acids is 3. The van der Waals surface area contributed by atoms with E-state index in [1.54, 1.807) is 0 Å². The normalized spacial score (nSPS) is 29.7. The predicted octanol–water partition coefficient (Wildman–Crippen LogP) is -0.158. The van der Waals surface area contributed by atoms with E-state index < -0.39 is 69.6 Å². The molecule has 10 nitrogen and oxygen atoms in total. The number of hydrogen-bond acceptors (Lipinski definition) is 9. The smallest absolute Gasteiger partial charge is 0.255 e. The van der Waals surface area contributed by atoms with Crippen molar-refractivity contribution in [1.29, 1.82) is 0 Å². The molecule has 0 unspecified atom stereocenters. The number of aromatic hydroxyl groups is 1. The third-order valence-electron chi connectivity index (χ3n) is 6.72. The second-order valence-electron chi connectivity index (χ2n) is 8.61. The molecule has 11 heteroatoms. The number of halogens is 1. The first kappa shape index (κ1) is 21.8. The number of allylic oxidation sites excluding steroid dienone is 1. The van der Waals surface area contributed by atoms with Crippen LogP contribution in [0.25, 0.3) is 0 Å². The lowest BCUT2D eigenvalue weighted by Gasteiger charge is -2.50. The number of benzene rings is 1. The van der Waals surface area contributed by atoms with E-state index in [4.69, 9.17) is 11.5 Å². The molecule has 4 rings (SSSR count). The molecule has 0 heterocycles. The van der Waals surface area contributed by atoms with Crippen molar-refractivity contribution in [2.24, 2.45) is 17.6 Å². The summed E-state index contributed by atoms with van der Waals surface area (Å²) < 4.78 is 14.1. The fourth-order valence-corrected chi connectivity index (χ4v) is 5.32. The highest BCUT2D eigenvalue weighted by molar-refractivity contribution is 6.24. The summed E-state index contributed by atoms with van der Waals surface area (Å²) in [6.45, 7) is 0. The van der Waals surface area contributed by atoms with Crippen molar-refractivity contribution in [2.45, 2.75) is 24.5 Å². The van der Waals surface area contributed by atoms with Gasteiger partial charge in [-0.05, 0) is 38.4 Å². The number of nitrogen functional groups attached to an aromatic ring is 1. The van der Waals surface area contributed by atoms with Gasteiger partial charge in [0.15, 0.2) is 11.4 Å². The predicted molar refractivity (Wildman–Crippen MR) is 108 cm³/mol. The average Bonchev–Trinajstić information content (AvgIpc) is 2.68. The molecule has 32 heavy (non-hydrogen) atoms. The average molecular weight is 447 g/mol. The third kappa shape index (κ3) is 2.55. The van der Waals surface area contributed by atoms with E-state index in [9.17, 15) is 39.2 Å². The Morgan fingerprint density at radius 2 is 1.88 bits per heavy atom. The number of ketones is 2. The molecular formula is C21H22FN3O7. The number of carbonyl (C=O) groups is 3. The Bertz CT molecular complexity index is 1170. The Morgan fingerprint density at radius 1 is 1.25 bits per heavy atom. The highest BCUT2D eigenvalue weighted by Gasteiger charge is 2.63. The molecular weight excluding hydrogens is 425 g/mol. The second kappa shape index (κ2) is 6.78. The Morgan fingerprint density at radius 3 is 2.44 bits per heavy atom. The molecule has 0 fully saturated rings. The van der Waals surface area contributed by atoms with Gasteiger partial charge >= 0.3 is 0 Å². The third-order valence-corrected chi connectivity index (χ3v) is 6.72. The molecule has 3 aliphatic rings. The van der Waals surface area contributed by atoms with Crippen LogP contribution in [0.3, 0.4) is 0 Å². The van der Waals surface area contributed by atoms with E-state index in [0.717, 1.165) is 0 Å². The summed E-state index contributed by atoms with van der Waals surface area (Å²) in [5, 5.41) is 43.3. The van der Waals surface area contributed by atoms with Gasteiger partial charge in [-0.15, -0.1) is 0 Å². The summed E-state index contributed by atoms with van der Waals surface area (Å²) >= 11 is 0. The van der Waals surface area contributed by atoms with E-state index in [-0.39, 0.29) is 35.2 Å². The first-order valence-corrected chi connectivity index (χ1v) is 9.78. The number of nitrogens with zero attached hydrogens (tertiary/aromatic N) is 1. The zero-order valence-corrected chi connectivity index (χ0v) is 17.2. The number of aliphatic hydroxyl groups is 3.